The van der Waals surface area contributed by atoms with E-state index in [9.17, 15) is 0 Å². The molecule has 0 N–H and O–H groups in total. The molecule has 0 atom stereocenters. The number of hydrogen-bond acceptors (Lipinski definition) is 8. The summed E-state index contributed by atoms with van der Waals surface area (Å²) in [4.78, 5) is 10.9. The minimum Gasteiger partial charge on any atom is -0.372 e. The molecule has 6 rings (SSSR count). The van der Waals surface area contributed by atoms with Crippen LogP contribution in [0.2, 0.25) is 0 Å². The summed E-state index contributed by atoms with van der Waals surface area (Å²) in [5.74, 6) is 1.85. The standard InChI is InChI=1S/C24H26N6OS2/c1-24(2)16-29(10-11-31-24)23-25-19(15-33-23)22-27-26-21-14-28(8-9-30(21)22)18-6-3-5-17(13-18)20-7-4-12-32-20/h3-7,12-13,15H,8-11,14,16H2,1-2H3. The van der Waals surface area contributed by atoms with Crippen LogP contribution >= 0.6 is 22.7 Å². The van der Waals surface area contributed by atoms with Crippen LogP contribution in [0.15, 0.2) is 47.2 Å². The van der Waals surface area contributed by atoms with Crippen molar-refractivity contribution in [3.63, 3.8) is 0 Å². The minimum absolute atomic E-state index is 0.150. The van der Waals surface area contributed by atoms with E-state index in [-0.39, 0.29) is 5.60 Å². The molecule has 33 heavy (non-hydrogen) atoms. The van der Waals surface area contributed by atoms with Crippen molar-refractivity contribution in [1.82, 2.24) is 19.7 Å². The van der Waals surface area contributed by atoms with Crippen LogP contribution in [-0.4, -0.2) is 51.6 Å². The zero-order chi connectivity index (χ0) is 22.4. The fraction of sp³-hybridized carbons (Fsp3) is 0.375. The Balaban J connectivity index is 1.22. The highest BCUT2D eigenvalue weighted by Crippen LogP contribution is 2.32. The summed E-state index contributed by atoms with van der Waals surface area (Å²) in [6.45, 7) is 9.21. The summed E-state index contributed by atoms with van der Waals surface area (Å²) in [7, 11) is 0. The molecule has 0 unspecified atom stereocenters. The second kappa shape index (κ2) is 8.23. The van der Waals surface area contributed by atoms with Crippen LogP contribution in [0.25, 0.3) is 22.0 Å². The van der Waals surface area contributed by atoms with Gasteiger partial charge in [0.2, 0.25) is 0 Å². The Morgan fingerprint density at radius 2 is 1.94 bits per heavy atom. The molecular weight excluding hydrogens is 452 g/mol. The highest BCUT2D eigenvalue weighted by atomic mass is 32.1. The monoisotopic (exact) mass is 478 g/mol. The van der Waals surface area contributed by atoms with Gasteiger partial charge in [-0.05, 0) is 43.0 Å². The Hall–Kier alpha value is -2.75. The van der Waals surface area contributed by atoms with Gasteiger partial charge >= 0.3 is 0 Å². The second-order valence-corrected chi connectivity index (χ2v) is 10.9. The molecule has 170 valence electrons. The van der Waals surface area contributed by atoms with Gasteiger partial charge in [0.25, 0.3) is 0 Å². The van der Waals surface area contributed by atoms with E-state index < -0.39 is 0 Å². The molecule has 0 spiro atoms. The fourth-order valence-corrected chi connectivity index (χ4v) is 6.11. The fourth-order valence-electron chi connectivity index (χ4n) is 4.56. The lowest BCUT2D eigenvalue weighted by Crippen LogP contribution is -2.48. The van der Waals surface area contributed by atoms with Gasteiger partial charge in [-0.2, -0.15) is 0 Å². The lowest BCUT2D eigenvalue weighted by Gasteiger charge is -2.37. The maximum atomic E-state index is 5.85. The molecule has 9 heteroatoms. The van der Waals surface area contributed by atoms with Crippen molar-refractivity contribution < 1.29 is 4.74 Å². The molecule has 7 nitrogen and oxygen atoms in total. The van der Waals surface area contributed by atoms with Gasteiger partial charge in [0.1, 0.15) is 5.69 Å². The van der Waals surface area contributed by atoms with Crippen LogP contribution in [0, 0.1) is 0 Å². The number of ether oxygens (including phenoxy) is 1. The number of hydrogen-bond donors (Lipinski definition) is 0. The quantitative estimate of drug-likeness (QED) is 0.421. The number of thiophene rings is 1. The molecule has 0 radical (unpaired) electrons. The summed E-state index contributed by atoms with van der Waals surface area (Å²) in [5, 5.41) is 14.3. The maximum Gasteiger partial charge on any atom is 0.186 e. The van der Waals surface area contributed by atoms with E-state index in [2.05, 4.69) is 85.6 Å². The third-order valence-electron chi connectivity index (χ3n) is 6.19. The largest absolute Gasteiger partial charge is 0.372 e. The van der Waals surface area contributed by atoms with Crippen molar-refractivity contribution in [2.45, 2.75) is 32.5 Å². The van der Waals surface area contributed by atoms with Crippen molar-refractivity contribution >= 4 is 33.5 Å². The van der Waals surface area contributed by atoms with E-state index in [1.807, 2.05) is 0 Å². The molecule has 2 aliphatic rings. The number of nitrogens with zero attached hydrogens (tertiary/aromatic N) is 6. The predicted octanol–water partition coefficient (Wildman–Crippen LogP) is 4.77. The van der Waals surface area contributed by atoms with E-state index in [1.54, 1.807) is 22.7 Å². The highest BCUT2D eigenvalue weighted by Gasteiger charge is 2.29. The van der Waals surface area contributed by atoms with Crippen molar-refractivity contribution in [3.05, 3.63) is 53.0 Å². The van der Waals surface area contributed by atoms with E-state index in [0.717, 1.165) is 61.8 Å². The van der Waals surface area contributed by atoms with Crippen molar-refractivity contribution in [1.29, 1.82) is 0 Å². The molecule has 1 aromatic carbocycles. The Kier molecular flexibility index (Phi) is 5.20. The molecule has 1 fully saturated rings. The van der Waals surface area contributed by atoms with Gasteiger partial charge in [-0.15, -0.1) is 32.9 Å². The van der Waals surface area contributed by atoms with Gasteiger partial charge in [-0.1, -0.05) is 18.2 Å². The minimum atomic E-state index is -0.150. The lowest BCUT2D eigenvalue weighted by atomic mass is 10.1. The molecule has 1 saturated heterocycles. The summed E-state index contributed by atoms with van der Waals surface area (Å²) in [6.07, 6.45) is 0. The topological polar surface area (TPSA) is 59.3 Å². The van der Waals surface area contributed by atoms with E-state index >= 15 is 0 Å². The molecule has 0 saturated carbocycles. The maximum absolute atomic E-state index is 5.85. The first-order valence-electron chi connectivity index (χ1n) is 11.2. The van der Waals surface area contributed by atoms with Crippen LogP contribution < -0.4 is 9.80 Å². The molecule has 0 amide bonds. The number of morpholine rings is 1. The third-order valence-corrected chi connectivity index (χ3v) is 8.01. The Labute approximate surface area is 201 Å². The van der Waals surface area contributed by atoms with Crippen LogP contribution in [0.3, 0.4) is 0 Å². The second-order valence-electron chi connectivity index (χ2n) is 9.09. The van der Waals surface area contributed by atoms with Gasteiger partial charge in [-0.3, -0.25) is 0 Å². The SMILES string of the molecule is CC1(C)CN(c2nc(-c3nnc4n3CCN(c3cccc(-c5cccs5)c3)C4)cs2)CCO1. The van der Waals surface area contributed by atoms with Gasteiger partial charge in [0.05, 0.1) is 18.8 Å². The van der Waals surface area contributed by atoms with Crippen LogP contribution in [0.1, 0.15) is 19.7 Å². The van der Waals surface area contributed by atoms with Gasteiger partial charge < -0.3 is 19.1 Å². The first kappa shape index (κ1) is 20.8. The average Bonchev–Trinajstić information content (AvgIpc) is 3.58. The molecule has 0 bridgehead atoms. The van der Waals surface area contributed by atoms with Crippen LogP contribution in [0.4, 0.5) is 10.8 Å². The Morgan fingerprint density at radius 3 is 2.79 bits per heavy atom. The lowest BCUT2D eigenvalue weighted by molar-refractivity contribution is -0.0276. The van der Waals surface area contributed by atoms with Gasteiger partial charge in [-0.25, -0.2) is 4.98 Å². The normalized spacial score (nSPS) is 17.9. The zero-order valence-electron chi connectivity index (χ0n) is 18.8. The third kappa shape index (κ3) is 4.05. The molecule has 2 aliphatic heterocycles. The average molecular weight is 479 g/mol. The Bertz CT molecular complexity index is 1260. The summed E-state index contributed by atoms with van der Waals surface area (Å²) in [5.41, 5.74) is 3.24. The predicted molar refractivity (Wildman–Crippen MR) is 134 cm³/mol. The first-order chi connectivity index (χ1) is 16.1. The number of aromatic nitrogens is 4. The van der Waals surface area contributed by atoms with E-state index in [0.29, 0.717) is 0 Å². The number of rotatable bonds is 4. The number of benzene rings is 1. The summed E-state index contributed by atoms with van der Waals surface area (Å²) < 4.78 is 8.07. The first-order valence-corrected chi connectivity index (χ1v) is 13.0. The summed E-state index contributed by atoms with van der Waals surface area (Å²) in [6, 6.07) is 13.0. The smallest absolute Gasteiger partial charge is 0.186 e. The molecule has 0 aliphatic carbocycles. The van der Waals surface area contributed by atoms with Gasteiger partial charge in [0, 0.05) is 42.1 Å². The molecule has 5 heterocycles. The molecule has 3 aromatic heterocycles. The molecule has 4 aromatic rings. The van der Waals surface area contributed by atoms with Gasteiger partial charge in [0.15, 0.2) is 16.8 Å². The summed E-state index contributed by atoms with van der Waals surface area (Å²) >= 11 is 3.44. The van der Waals surface area contributed by atoms with Crippen molar-refractivity contribution in [3.8, 4) is 22.0 Å². The van der Waals surface area contributed by atoms with E-state index in [4.69, 9.17) is 9.72 Å². The van der Waals surface area contributed by atoms with Crippen LogP contribution in [0.5, 0.6) is 0 Å². The zero-order valence-corrected chi connectivity index (χ0v) is 20.4. The Morgan fingerprint density at radius 1 is 1.00 bits per heavy atom. The number of anilines is 2. The number of fused-ring (bicyclic) bond motifs is 1. The van der Waals surface area contributed by atoms with Crippen LogP contribution in [-0.2, 0) is 17.8 Å². The number of thiazole rings is 1. The van der Waals surface area contributed by atoms with E-state index in [1.165, 1.54) is 16.1 Å². The highest BCUT2D eigenvalue weighted by molar-refractivity contribution is 7.14. The van der Waals surface area contributed by atoms with Crippen molar-refractivity contribution in [2.75, 3.05) is 36.0 Å². The molecular formula is C24H26N6OS2. The van der Waals surface area contributed by atoms with Crippen molar-refractivity contribution in [2.24, 2.45) is 0 Å².